The summed E-state index contributed by atoms with van der Waals surface area (Å²) < 4.78 is 29.4. The average Bonchev–Trinajstić information content (AvgIpc) is 3.11. The molecule has 1 aromatic heterocycles. The first-order valence-electron chi connectivity index (χ1n) is 12.5. The van der Waals surface area contributed by atoms with Gasteiger partial charge in [0, 0.05) is 25.3 Å². The van der Waals surface area contributed by atoms with Crippen molar-refractivity contribution in [1.82, 2.24) is 24.3 Å². The lowest BCUT2D eigenvalue weighted by Gasteiger charge is -2.21. The average molecular weight is 510 g/mol. The number of carbonyl (C=O) groups is 1. The topological polar surface area (TPSA) is 87.5 Å². The second-order valence-electron chi connectivity index (χ2n) is 9.60. The summed E-state index contributed by atoms with van der Waals surface area (Å²) in [4.78, 5) is 15.0. The first-order valence-corrected chi connectivity index (χ1v) is 13.9. The number of nitrogens with one attached hydrogen (secondary N) is 1. The second-order valence-corrected chi connectivity index (χ2v) is 11.5. The van der Waals surface area contributed by atoms with Crippen LogP contribution in [-0.4, -0.2) is 66.0 Å². The zero-order valence-corrected chi connectivity index (χ0v) is 21.8. The molecule has 2 heterocycles. The first kappa shape index (κ1) is 26.1. The third kappa shape index (κ3) is 6.60. The zero-order chi connectivity index (χ0) is 25.5. The van der Waals surface area contributed by atoms with Crippen LogP contribution in [0.15, 0.2) is 71.6 Å². The molecule has 8 nitrogen and oxygen atoms in total. The predicted octanol–water partition coefficient (Wildman–Crippen LogP) is 3.08. The highest BCUT2D eigenvalue weighted by molar-refractivity contribution is 7.89. The molecule has 0 radical (unpaired) electrons. The van der Waals surface area contributed by atoms with E-state index in [0.29, 0.717) is 50.0 Å². The Hall–Kier alpha value is -3.01. The van der Waals surface area contributed by atoms with E-state index in [1.165, 1.54) is 4.31 Å². The third-order valence-corrected chi connectivity index (χ3v) is 8.13. The first-order chi connectivity index (χ1) is 17.3. The smallest absolute Gasteiger partial charge is 0.243 e. The van der Waals surface area contributed by atoms with E-state index < -0.39 is 10.0 Å². The molecule has 192 valence electrons. The molecular formula is C27H35N5O3S. The van der Waals surface area contributed by atoms with Crippen LogP contribution in [0.5, 0.6) is 0 Å². The number of amides is 1. The fraction of sp³-hybridized carbons (Fsp3) is 0.407. The summed E-state index contributed by atoms with van der Waals surface area (Å²) in [5.41, 5.74) is 2.94. The number of rotatable bonds is 9. The van der Waals surface area contributed by atoms with Crippen LogP contribution >= 0.6 is 0 Å². The molecule has 9 heteroatoms. The zero-order valence-electron chi connectivity index (χ0n) is 21.0. The summed E-state index contributed by atoms with van der Waals surface area (Å²) >= 11 is 0. The summed E-state index contributed by atoms with van der Waals surface area (Å²) in [6, 6.07) is 20.6. The van der Waals surface area contributed by atoms with E-state index in [-0.39, 0.29) is 12.5 Å². The van der Waals surface area contributed by atoms with Gasteiger partial charge in [0.15, 0.2) is 0 Å². The van der Waals surface area contributed by atoms with E-state index in [0.717, 1.165) is 23.5 Å². The number of hydrogen-bond donors (Lipinski definition) is 1. The standard InChI is InChI=1S/C27H35N5O3S/c1-22(2)18-25-19-23(29-32(25)24-10-5-3-6-11-24)20-28-27(33)21-30-14-9-15-31(17-16-30)36(34,35)26-12-7-4-8-13-26/h3-8,10-13,19,22H,9,14-18,20-21H2,1-2H3,(H,28,33). The van der Waals surface area contributed by atoms with Crippen LogP contribution in [-0.2, 0) is 27.8 Å². The maximum Gasteiger partial charge on any atom is 0.243 e. The fourth-order valence-electron chi connectivity index (χ4n) is 4.45. The van der Waals surface area contributed by atoms with Gasteiger partial charge in [-0.05, 0) is 55.6 Å². The van der Waals surface area contributed by atoms with Crippen molar-refractivity contribution in [3.8, 4) is 5.69 Å². The van der Waals surface area contributed by atoms with E-state index in [2.05, 4.69) is 25.2 Å². The minimum absolute atomic E-state index is 0.0889. The van der Waals surface area contributed by atoms with Crippen molar-refractivity contribution in [1.29, 1.82) is 0 Å². The van der Waals surface area contributed by atoms with Gasteiger partial charge in [-0.15, -0.1) is 0 Å². The van der Waals surface area contributed by atoms with Gasteiger partial charge in [0.1, 0.15) is 0 Å². The SMILES string of the molecule is CC(C)Cc1cc(CNC(=O)CN2CCCN(S(=O)(=O)c3ccccc3)CC2)nn1-c1ccccc1. The summed E-state index contributed by atoms with van der Waals surface area (Å²) in [7, 11) is -3.52. The molecule has 0 spiro atoms. The van der Waals surface area contributed by atoms with Gasteiger partial charge in [-0.1, -0.05) is 50.2 Å². The lowest BCUT2D eigenvalue weighted by molar-refractivity contribution is -0.122. The number of para-hydroxylation sites is 1. The number of carbonyl (C=O) groups excluding carboxylic acids is 1. The maximum absolute atomic E-state index is 12.9. The number of nitrogens with zero attached hydrogens (tertiary/aromatic N) is 4. The molecule has 2 aromatic carbocycles. The Morgan fingerprint density at radius 3 is 2.36 bits per heavy atom. The van der Waals surface area contributed by atoms with Gasteiger partial charge in [0.2, 0.25) is 15.9 Å². The van der Waals surface area contributed by atoms with Crippen molar-refractivity contribution in [2.45, 2.75) is 38.1 Å². The largest absolute Gasteiger partial charge is 0.349 e. The minimum atomic E-state index is -3.52. The third-order valence-electron chi connectivity index (χ3n) is 6.21. The Bertz CT molecular complexity index is 1240. The van der Waals surface area contributed by atoms with E-state index >= 15 is 0 Å². The molecule has 0 aliphatic carbocycles. The van der Waals surface area contributed by atoms with E-state index in [4.69, 9.17) is 5.10 Å². The Morgan fingerprint density at radius 1 is 0.972 bits per heavy atom. The molecule has 1 N–H and O–H groups in total. The Morgan fingerprint density at radius 2 is 1.67 bits per heavy atom. The maximum atomic E-state index is 12.9. The summed E-state index contributed by atoms with van der Waals surface area (Å²) in [6.45, 7) is 6.95. The quantitative estimate of drug-likeness (QED) is 0.479. The van der Waals surface area contributed by atoms with Crippen LogP contribution in [0, 0.1) is 5.92 Å². The van der Waals surface area contributed by atoms with Gasteiger partial charge in [0.25, 0.3) is 0 Å². The van der Waals surface area contributed by atoms with Crippen LogP contribution in [0.3, 0.4) is 0 Å². The van der Waals surface area contributed by atoms with Crippen molar-refractivity contribution in [3.63, 3.8) is 0 Å². The van der Waals surface area contributed by atoms with Crippen molar-refractivity contribution in [2.75, 3.05) is 32.7 Å². The van der Waals surface area contributed by atoms with Crippen LogP contribution in [0.1, 0.15) is 31.7 Å². The summed E-state index contributed by atoms with van der Waals surface area (Å²) in [5, 5.41) is 7.74. The van der Waals surface area contributed by atoms with Gasteiger partial charge in [-0.25, -0.2) is 13.1 Å². The van der Waals surface area contributed by atoms with Crippen molar-refractivity contribution in [3.05, 3.63) is 78.1 Å². The number of benzene rings is 2. The molecular weight excluding hydrogens is 474 g/mol. The second kappa shape index (κ2) is 11.8. The monoisotopic (exact) mass is 509 g/mol. The Balaban J connectivity index is 1.33. The molecule has 36 heavy (non-hydrogen) atoms. The van der Waals surface area contributed by atoms with Gasteiger partial charge in [-0.3, -0.25) is 9.69 Å². The molecule has 1 amide bonds. The van der Waals surface area contributed by atoms with Crippen molar-refractivity contribution < 1.29 is 13.2 Å². The molecule has 1 aliphatic heterocycles. The Kier molecular flexibility index (Phi) is 8.56. The fourth-order valence-corrected chi connectivity index (χ4v) is 5.94. The highest BCUT2D eigenvalue weighted by Crippen LogP contribution is 2.18. The van der Waals surface area contributed by atoms with Gasteiger partial charge in [0.05, 0.1) is 29.4 Å². The van der Waals surface area contributed by atoms with E-state index in [1.807, 2.05) is 39.9 Å². The van der Waals surface area contributed by atoms with Gasteiger partial charge in [-0.2, -0.15) is 9.40 Å². The molecule has 0 atom stereocenters. The van der Waals surface area contributed by atoms with Gasteiger partial charge < -0.3 is 5.32 Å². The van der Waals surface area contributed by atoms with E-state index in [9.17, 15) is 13.2 Å². The van der Waals surface area contributed by atoms with Crippen molar-refractivity contribution >= 4 is 15.9 Å². The molecule has 3 aromatic rings. The molecule has 0 saturated carbocycles. The van der Waals surface area contributed by atoms with Crippen LogP contribution < -0.4 is 5.32 Å². The predicted molar refractivity (Wildman–Crippen MR) is 140 cm³/mol. The molecule has 1 aliphatic rings. The lowest BCUT2D eigenvalue weighted by atomic mass is 10.1. The lowest BCUT2D eigenvalue weighted by Crippen LogP contribution is -2.39. The molecule has 0 bridgehead atoms. The number of sulfonamides is 1. The summed E-state index contributed by atoms with van der Waals surface area (Å²) in [5.74, 6) is 0.397. The normalized spacial score (nSPS) is 15.6. The number of hydrogen-bond acceptors (Lipinski definition) is 5. The highest BCUT2D eigenvalue weighted by atomic mass is 32.2. The summed E-state index contributed by atoms with van der Waals surface area (Å²) in [6.07, 6.45) is 1.57. The van der Waals surface area contributed by atoms with Gasteiger partial charge >= 0.3 is 0 Å². The molecule has 1 saturated heterocycles. The molecule has 4 rings (SSSR count). The highest BCUT2D eigenvalue weighted by Gasteiger charge is 2.27. The molecule has 1 fully saturated rings. The minimum Gasteiger partial charge on any atom is -0.349 e. The Labute approximate surface area is 214 Å². The van der Waals surface area contributed by atoms with Crippen molar-refractivity contribution in [2.24, 2.45) is 5.92 Å². The van der Waals surface area contributed by atoms with Crippen LogP contribution in [0.2, 0.25) is 0 Å². The number of aromatic nitrogens is 2. The van der Waals surface area contributed by atoms with Crippen LogP contribution in [0.4, 0.5) is 0 Å². The molecule has 0 unspecified atom stereocenters. The van der Waals surface area contributed by atoms with Crippen LogP contribution in [0.25, 0.3) is 5.69 Å². The van der Waals surface area contributed by atoms with E-state index in [1.54, 1.807) is 30.3 Å².